The zero-order valence-corrected chi connectivity index (χ0v) is 7.56. The Morgan fingerprint density at radius 2 is 2.42 bits per heavy atom. The lowest BCUT2D eigenvalue weighted by Gasteiger charge is -2.18. The molecule has 1 aliphatic rings. The summed E-state index contributed by atoms with van der Waals surface area (Å²) in [5.41, 5.74) is 8.67. The van der Waals surface area contributed by atoms with Gasteiger partial charge in [0.25, 0.3) is 0 Å². The highest BCUT2D eigenvalue weighted by molar-refractivity contribution is 5.32. The van der Waals surface area contributed by atoms with Gasteiger partial charge < -0.3 is 11.1 Å². The Hall–Kier alpha value is -1.18. The van der Waals surface area contributed by atoms with Gasteiger partial charge in [0.05, 0.1) is 0 Å². The Morgan fingerprint density at radius 1 is 1.67 bits per heavy atom. The van der Waals surface area contributed by atoms with Crippen molar-refractivity contribution in [1.29, 1.82) is 0 Å². The van der Waals surface area contributed by atoms with Gasteiger partial charge in [-0.3, -0.25) is 0 Å². The van der Waals surface area contributed by atoms with Crippen LogP contribution < -0.4 is 11.1 Å². The van der Waals surface area contributed by atoms with Crippen LogP contribution in [0.25, 0.3) is 0 Å². The van der Waals surface area contributed by atoms with Gasteiger partial charge in [0.1, 0.15) is 0 Å². The molecule has 0 radical (unpaired) electrons. The van der Waals surface area contributed by atoms with Crippen molar-refractivity contribution >= 4 is 0 Å². The molecule has 0 spiro atoms. The Kier molecular flexibility index (Phi) is 2.97. The van der Waals surface area contributed by atoms with Crippen molar-refractivity contribution in [2.24, 2.45) is 5.73 Å². The monoisotopic (exact) mass is 164 g/mol. The summed E-state index contributed by atoms with van der Waals surface area (Å²) in [6, 6.07) is 0. The molecule has 1 heterocycles. The predicted molar refractivity (Wildman–Crippen MR) is 52.4 cm³/mol. The number of hydrogen-bond acceptors (Lipinski definition) is 2. The van der Waals surface area contributed by atoms with Crippen molar-refractivity contribution in [3.8, 4) is 0 Å². The fraction of sp³-hybridized carbons (Fsp3) is 0.400. The molecule has 2 heteroatoms. The fourth-order valence-electron chi connectivity index (χ4n) is 1.20. The van der Waals surface area contributed by atoms with Gasteiger partial charge in [-0.05, 0) is 31.4 Å². The second-order valence-corrected chi connectivity index (χ2v) is 3.11. The number of piperidine rings is 1. The van der Waals surface area contributed by atoms with Crippen LogP contribution in [0.15, 0.2) is 35.7 Å². The average molecular weight is 164 g/mol. The van der Waals surface area contributed by atoms with E-state index in [1.54, 1.807) is 0 Å². The SMILES string of the molecule is C=C1NCCC/C1=C/C=C(/C)N. The van der Waals surface area contributed by atoms with Gasteiger partial charge in [0, 0.05) is 17.9 Å². The van der Waals surface area contributed by atoms with E-state index in [0.717, 1.165) is 24.4 Å². The maximum Gasteiger partial charge on any atom is 0.0299 e. The topological polar surface area (TPSA) is 38.0 Å². The van der Waals surface area contributed by atoms with Crippen molar-refractivity contribution in [2.45, 2.75) is 19.8 Å². The lowest BCUT2D eigenvalue weighted by atomic mass is 10.0. The van der Waals surface area contributed by atoms with Gasteiger partial charge >= 0.3 is 0 Å². The third kappa shape index (κ3) is 2.46. The first-order valence-corrected chi connectivity index (χ1v) is 4.26. The van der Waals surface area contributed by atoms with Gasteiger partial charge in [0.2, 0.25) is 0 Å². The van der Waals surface area contributed by atoms with Gasteiger partial charge in [-0.25, -0.2) is 0 Å². The van der Waals surface area contributed by atoms with E-state index in [1.165, 1.54) is 12.0 Å². The first-order valence-electron chi connectivity index (χ1n) is 4.26. The van der Waals surface area contributed by atoms with Crippen molar-refractivity contribution in [3.63, 3.8) is 0 Å². The molecular formula is C10H16N2. The predicted octanol–water partition coefficient (Wildman–Crippen LogP) is 1.67. The van der Waals surface area contributed by atoms with Crippen LogP contribution in [0.3, 0.4) is 0 Å². The zero-order chi connectivity index (χ0) is 8.97. The maximum atomic E-state index is 5.52. The summed E-state index contributed by atoms with van der Waals surface area (Å²) < 4.78 is 0. The minimum absolute atomic E-state index is 0.834. The molecule has 0 aromatic carbocycles. The first kappa shape index (κ1) is 8.91. The molecule has 2 nitrogen and oxygen atoms in total. The summed E-state index contributed by atoms with van der Waals surface area (Å²) in [5.74, 6) is 0. The van der Waals surface area contributed by atoms with Gasteiger partial charge in [0.15, 0.2) is 0 Å². The second kappa shape index (κ2) is 4.00. The number of rotatable bonds is 1. The Morgan fingerprint density at radius 3 is 3.00 bits per heavy atom. The Labute approximate surface area is 73.8 Å². The van der Waals surface area contributed by atoms with E-state index in [0.29, 0.717) is 0 Å². The minimum Gasteiger partial charge on any atom is -0.402 e. The van der Waals surface area contributed by atoms with E-state index in [1.807, 2.05) is 19.1 Å². The third-order valence-corrected chi connectivity index (χ3v) is 1.90. The summed E-state index contributed by atoms with van der Waals surface area (Å²) in [5, 5.41) is 3.22. The van der Waals surface area contributed by atoms with Crippen LogP contribution in [0.1, 0.15) is 19.8 Å². The minimum atomic E-state index is 0.834. The molecule has 1 aliphatic heterocycles. The quantitative estimate of drug-likeness (QED) is 0.618. The summed E-state index contributed by atoms with van der Waals surface area (Å²) >= 11 is 0. The molecule has 0 aromatic heterocycles. The molecule has 66 valence electrons. The second-order valence-electron chi connectivity index (χ2n) is 3.11. The van der Waals surface area contributed by atoms with Gasteiger partial charge in [-0.2, -0.15) is 0 Å². The molecule has 0 unspecified atom stereocenters. The largest absolute Gasteiger partial charge is 0.402 e. The maximum absolute atomic E-state index is 5.52. The van der Waals surface area contributed by atoms with Crippen molar-refractivity contribution < 1.29 is 0 Å². The smallest absolute Gasteiger partial charge is 0.0299 e. The lowest BCUT2D eigenvalue weighted by Crippen LogP contribution is -2.20. The third-order valence-electron chi connectivity index (χ3n) is 1.90. The number of nitrogens with one attached hydrogen (secondary N) is 1. The molecular weight excluding hydrogens is 148 g/mol. The first-order chi connectivity index (χ1) is 5.70. The molecule has 0 aliphatic carbocycles. The van der Waals surface area contributed by atoms with Crippen LogP contribution in [-0.2, 0) is 0 Å². The molecule has 3 N–H and O–H groups in total. The highest BCUT2D eigenvalue weighted by Gasteiger charge is 2.06. The van der Waals surface area contributed by atoms with E-state index in [9.17, 15) is 0 Å². The van der Waals surface area contributed by atoms with Crippen molar-refractivity contribution in [2.75, 3.05) is 6.54 Å². The van der Waals surface area contributed by atoms with Gasteiger partial charge in [-0.1, -0.05) is 12.7 Å². The van der Waals surface area contributed by atoms with Crippen LogP contribution in [0.4, 0.5) is 0 Å². The van der Waals surface area contributed by atoms with Crippen LogP contribution in [-0.4, -0.2) is 6.54 Å². The Balaban J connectivity index is 2.65. The highest BCUT2D eigenvalue weighted by atomic mass is 14.9. The molecule has 0 atom stereocenters. The number of hydrogen-bond donors (Lipinski definition) is 2. The molecule has 0 saturated carbocycles. The molecule has 0 bridgehead atoms. The zero-order valence-electron chi connectivity index (χ0n) is 7.56. The molecule has 0 aromatic rings. The molecule has 1 saturated heterocycles. The van der Waals surface area contributed by atoms with E-state index in [-0.39, 0.29) is 0 Å². The van der Waals surface area contributed by atoms with E-state index >= 15 is 0 Å². The van der Waals surface area contributed by atoms with E-state index in [4.69, 9.17) is 5.73 Å². The molecule has 1 fully saturated rings. The fourth-order valence-corrected chi connectivity index (χ4v) is 1.20. The highest BCUT2D eigenvalue weighted by Crippen LogP contribution is 2.16. The summed E-state index contributed by atoms with van der Waals surface area (Å²) in [4.78, 5) is 0. The van der Waals surface area contributed by atoms with Crippen LogP contribution in [0.2, 0.25) is 0 Å². The lowest BCUT2D eigenvalue weighted by molar-refractivity contribution is 0.671. The summed E-state index contributed by atoms with van der Waals surface area (Å²) in [7, 11) is 0. The molecule has 1 rings (SSSR count). The standard InChI is InChI=1S/C10H16N2/c1-8(11)5-6-10-4-3-7-12-9(10)2/h5-6,12H,2-4,7,11H2,1H3/b8-5-,10-6-. The Bertz CT molecular complexity index is 232. The van der Waals surface area contributed by atoms with Gasteiger partial charge in [-0.15, -0.1) is 0 Å². The van der Waals surface area contributed by atoms with E-state index in [2.05, 4.69) is 11.9 Å². The summed E-state index contributed by atoms with van der Waals surface area (Å²) in [6.07, 6.45) is 6.26. The average Bonchev–Trinajstić information content (AvgIpc) is 2.03. The van der Waals surface area contributed by atoms with Crippen LogP contribution >= 0.6 is 0 Å². The van der Waals surface area contributed by atoms with Crippen molar-refractivity contribution in [1.82, 2.24) is 5.32 Å². The summed E-state index contributed by atoms with van der Waals surface area (Å²) in [6.45, 7) is 6.85. The van der Waals surface area contributed by atoms with Crippen LogP contribution in [0, 0.1) is 0 Å². The van der Waals surface area contributed by atoms with Crippen LogP contribution in [0.5, 0.6) is 0 Å². The normalized spacial score (nSPS) is 22.6. The number of allylic oxidation sites excluding steroid dienone is 4. The molecule has 0 amide bonds. The van der Waals surface area contributed by atoms with E-state index < -0.39 is 0 Å². The van der Waals surface area contributed by atoms with Crippen molar-refractivity contribution in [3.05, 3.63) is 35.7 Å². The molecule has 12 heavy (non-hydrogen) atoms. The number of nitrogens with two attached hydrogens (primary N) is 1.